The molecule has 2 N–H and O–H groups in total. The van der Waals surface area contributed by atoms with Gasteiger partial charge in [0.05, 0.1) is 23.6 Å². The molecular formula is C25H31FN6O3. The van der Waals surface area contributed by atoms with Gasteiger partial charge in [-0.2, -0.15) is 15.2 Å². The number of likely N-dealkylation sites (tertiary alicyclic amines) is 1. The van der Waals surface area contributed by atoms with Crippen LogP contribution in [0.1, 0.15) is 42.9 Å². The Balaban J connectivity index is 1.45. The van der Waals surface area contributed by atoms with E-state index in [2.05, 4.69) is 33.2 Å². The van der Waals surface area contributed by atoms with Gasteiger partial charge in [-0.15, -0.1) is 0 Å². The summed E-state index contributed by atoms with van der Waals surface area (Å²) < 4.78 is 26.8. The van der Waals surface area contributed by atoms with Crippen LogP contribution in [0, 0.1) is 17.1 Å². The first-order valence-electron chi connectivity index (χ1n) is 12.3. The summed E-state index contributed by atoms with van der Waals surface area (Å²) >= 11 is 0. The van der Waals surface area contributed by atoms with Crippen molar-refractivity contribution >= 4 is 5.82 Å². The molecule has 3 aliphatic heterocycles. The Morgan fingerprint density at radius 3 is 2.97 bits per heavy atom. The summed E-state index contributed by atoms with van der Waals surface area (Å²) in [6.45, 7) is 3.63. The van der Waals surface area contributed by atoms with Crippen molar-refractivity contribution in [2.45, 2.75) is 50.3 Å². The van der Waals surface area contributed by atoms with E-state index in [9.17, 15) is 9.50 Å². The lowest BCUT2D eigenvalue weighted by molar-refractivity contribution is 0.151. The third-order valence-corrected chi connectivity index (χ3v) is 7.16. The van der Waals surface area contributed by atoms with Gasteiger partial charge in [0.15, 0.2) is 0 Å². The van der Waals surface area contributed by atoms with Gasteiger partial charge in [-0.1, -0.05) is 6.07 Å². The Labute approximate surface area is 204 Å². The smallest absolute Gasteiger partial charge is 0.321 e. The molecule has 3 aliphatic rings. The van der Waals surface area contributed by atoms with Crippen molar-refractivity contribution in [2.75, 3.05) is 44.7 Å². The summed E-state index contributed by atoms with van der Waals surface area (Å²) in [5.41, 5.74) is 0.990. The van der Waals surface area contributed by atoms with Crippen LogP contribution in [0.15, 0.2) is 18.2 Å². The molecule has 186 valence electrons. The van der Waals surface area contributed by atoms with E-state index < -0.39 is 11.9 Å². The number of likely N-dealkylation sites (N-methyl/N-ethyl adjacent to an activating group) is 1. The van der Waals surface area contributed by atoms with Gasteiger partial charge in [0.2, 0.25) is 5.88 Å². The van der Waals surface area contributed by atoms with Crippen LogP contribution in [0.25, 0.3) is 0 Å². The number of aromatic hydroxyl groups is 1. The van der Waals surface area contributed by atoms with E-state index in [0.717, 1.165) is 43.9 Å². The highest BCUT2D eigenvalue weighted by molar-refractivity contribution is 5.54. The normalized spacial score (nSPS) is 24.5. The number of phenolic OH excluding ortho intramolecular Hbond substituents is 1. The second-order valence-electron chi connectivity index (χ2n) is 9.48. The monoisotopic (exact) mass is 482 g/mol. The van der Waals surface area contributed by atoms with Gasteiger partial charge in [-0.25, -0.2) is 4.39 Å². The summed E-state index contributed by atoms with van der Waals surface area (Å²) in [4.78, 5) is 13.8. The van der Waals surface area contributed by atoms with Crippen LogP contribution in [0.5, 0.6) is 17.6 Å². The molecule has 4 heterocycles. The molecule has 1 aromatic carbocycles. The molecule has 2 fully saturated rings. The van der Waals surface area contributed by atoms with Crippen LogP contribution in [0.4, 0.5) is 10.2 Å². The molecule has 10 heteroatoms. The van der Waals surface area contributed by atoms with E-state index in [1.165, 1.54) is 18.2 Å². The minimum Gasteiger partial charge on any atom is -0.507 e. The summed E-state index contributed by atoms with van der Waals surface area (Å²) in [6, 6.07) is 7.08. The molecule has 5 rings (SSSR count). The maximum atomic E-state index is 14.6. The summed E-state index contributed by atoms with van der Waals surface area (Å²) in [5, 5.41) is 22.8. The van der Waals surface area contributed by atoms with E-state index in [0.29, 0.717) is 44.3 Å². The number of hydrogen-bond donors (Lipinski definition) is 2. The van der Waals surface area contributed by atoms with Gasteiger partial charge >= 0.3 is 6.01 Å². The molecule has 2 aromatic rings. The topological polar surface area (TPSA) is 107 Å². The molecule has 35 heavy (non-hydrogen) atoms. The van der Waals surface area contributed by atoms with E-state index in [4.69, 9.17) is 19.7 Å². The molecule has 9 nitrogen and oxygen atoms in total. The van der Waals surface area contributed by atoms with Gasteiger partial charge in [0, 0.05) is 31.7 Å². The van der Waals surface area contributed by atoms with Crippen LogP contribution in [0.3, 0.4) is 0 Å². The van der Waals surface area contributed by atoms with Crippen LogP contribution in [0.2, 0.25) is 0 Å². The molecule has 1 unspecified atom stereocenters. The van der Waals surface area contributed by atoms with Gasteiger partial charge in [0.25, 0.3) is 0 Å². The van der Waals surface area contributed by atoms with Crippen molar-refractivity contribution in [2.24, 2.45) is 0 Å². The van der Waals surface area contributed by atoms with Crippen molar-refractivity contribution in [1.29, 1.82) is 5.26 Å². The molecule has 3 atom stereocenters. The average molecular weight is 483 g/mol. The number of aromatic nitrogens is 2. The molecule has 0 aliphatic carbocycles. The predicted octanol–water partition coefficient (Wildman–Crippen LogP) is 2.55. The first-order valence-corrected chi connectivity index (χ1v) is 12.3. The molecule has 0 amide bonds. The van der Waals surface area contributed by atoms with Gasteiger partial charge in [0.1, 0.15) is 30.1 Å². The molecule has 0 spiro atoms. The molecule has 1 aromatic heterocycles. The number of ether oxygens (including phenoxy) is 2. The number of rotatable bonds is 6. The maximum absolute atomic E-state index is 14.6. The minimum atomic E-state index is -0.658. The van der Waals surface area contributed by atoms with E-state index >= 15 is 0 Å². The lowest BCUT2D eigenvalue weighted by Crippen LogP contribution is -2.51. The van der Waals surface area contributed by atoms with Crippen molar-refractivity contribution in [3.63, 3.8) is 0 Å². The maximum Gasteiger partial charge on any atom is 0.321 e. The van der Waals surface area contributed by atoms with E-state index in [-0.39, 0.29) is 23.4 Å². The summed E-state index contributed by atoms with van der Waals surface area (Å²) in [5.74, 6) is 0.467. The van der Waals surface area contributed by atoms with Gasteiger partial charge in [-0.05, 0) is 51.4 Å². The number of fused-ring (bicyclic) bond motifs is 1. The zero-order valence-electron chi connectivity index (χ0n) is 19.9. The van der Waals surface area contributed by atoms with Crippen LogP contribution in [-0.4, -0.2) is 71.9 Å². The number of nitrogens with one attached hydrogen (secondary N) is 1. The number of nitriles is 1. The number of halogens is 1. The van der Waals surface area contributed by atoms with Gasteiger partial charge in [-0.3, -0.25) is 0 Å². The number of piperazine rings is 1. The second-order valence-corrected chi connectivity index (χ2v) is 9.48. The Hall–Kier alpha value is -3.16. The summed E-state index contributed by atoms with van der Waals surface area (Å²) in [7, 11) is 2.09. The van der Waals surface area contributed by atoms with Crippen LogP contribution >= 0.6 is 0 Å². The standard InChI is InChI=1S/C25H31FN6O3/c1-31-12-3-4-17(31)15-34-25-29-23(32-13-11-28-16(14-32)9-10-27)18-7-8-21(35-24(18)30-25)22-19(26)5-2-6-20(22)33/h2,5-6,16-17,21,28,33H,3-4,7-9,11-15H2,1H3/t16-,17-,21?/m0/s1. The van der Waals surface area contributed by atoms with Crippen molar-refractivity contribution in [3.8, 4) is 23.7 Å². The quantitative estimate of drug-likeness (QED) is 0.642. The van der Waals surface area contributed by atoms with E-state index in [1.807, 2.05) is 0 Å². The zero-order valence-corrected chi connectivity index (χ0v) is 19.9. The largest absolute Gasteiger partial charge is 0.507 e. The minimum absolute atomic E-state index is 0.0449. The number of phenols is 1. The highest BCUT2D eigenvalue weighted by atomic mass is 19.1. The van der Waals surface area contributed by atoms with E-state index in [1.54, 1.807) is 0 Å². The second kappa shape index (κ2) is 10.2. The van der Waals surface area contributed by atoms with Gasteiger partial charge < -0.3 is 29.7 Å². The molecule has 0 saturated carbocycles. The molecule has 0 radical (unpaired) electrons. The number of hydrogen-bond acceptors (Lipinski definition) is 9. The Kier molecular flexibility index (Phi) is 6.88. The SMILES string of the molecule is CN1CCC[C@H]1COc1nc2c(c(N3CCN[C@@H](CC#N)C3)n1)CCC(c1c(O)cccc1F)O2. The third-order valence-electron chi connectivity index (χ3n) is 7.16. The fourth-order valence-electron chi connectivity index (χ4n) is 5.22. The average Bonchev–Trinajstić information content (AvgIpc) is 3.27. The zero-order chi connectivity index (χ0) is 24.4. The first kappa shape index (κ1) is 23.6. The fraction of sp³-hybridized carbons (Fsp3) is 0.560. The Morgan fingerprint density at radius 2 is 2.20 bits per heavy atom. The number of nitrogens with zero attached hydrogens (tertiary/aromatic N) is 5. The highest BCUT2D eigenvalue weighted by Crippen LogP contribution is 2.42. The van der Waals surface area contributed by atoms with Crippen LogP contribution < -0.4 is 19.7 Å². The number of anilines is 1. The van der Waals surface area contributed by atoms with Crippen molar-refractivity contribution in [3.05, 3.63) is 35.1 Å². The van der Waals surface area contributed by atoms with Crippen molar-refractivity contribution < 1.29 is 19.0 Å². The van der Waals surface area contributed by atoms with Crippen LogP contribution in [-0.2, 0) is 6.42 Å². The lowest BCUT2D eigenvalue weighted by atomic mass is 9.97. The number of benzene rings is 1. The van der Waals surface area contributed by atoms with Crippen molar-refractivity contribution in [1.82, 2.24) is 20.2 Å². The Morgan fingerprint density at radius 1 is 1.31 bits per heavy atom. The predicted molar refractivity (Wildman–Crippen MR) is 127 cm³/mol. The third kappa shape index (κ3) is 4.97. The molecule has 0 bridgehead atoms. The first-order chi connectivity index (χ1) is 17.0. The summed E-state index contributed by atoms with van der Waals surface area (Å²) in [6.07, 6.45) is 3.01. The Bertz CT molecular complexity index is 1090. The fourth-order valence-corrected chi connectivity index (χ4v) is 5.22. The highest BCUT2D eigenvalue weighted by Gasteiger charge is 2.33. The molecular weight excluding hydrogens is 451 g/mol. The molecule has 2 saturated heterocycles. The lowest BCUT2D eigenvalue weighted by Gasteiger charge is -2.36.